The molecule has 0 unspecified atom stereocenters. The van der Waals surface area contributed by atoms with E-state index in [1.54, 1.807) is 0 Å². The molecule has 1 heterocycles. The predicted molar refractivity (Wildman–Crippen MR) is 133 cm³/mol. The van der Waals surface area contributed by atoms with Gasteiger partial charge in [-0.05, 0) is 54.4 Å². The van der Waals surface area contributed by atoms with E-state index >= 15 is 0 Å². The van der Waals surface area contributed by atoms with Crippen molar-refractivity contribution in [1.82, 2.24) is 15.1 Å². The molecule has 0 radical (unpaired) electrons. The normalized spacial score (nSPS) is 16.0. The highest BCUT2D eigenvalue weighted by Crippen LogP contribution is 2.23. The third-order valence-electron chi connectivity index (χ3n) is 5.53. The van der Waals surface area contributed by atoms with Gasteiger partial charge in [0.1, 0.15) is 11.6 Å². The van der Waals surface area contributed by atoms with Crippen molar-refractivity contribution in [2.75, 3.05) is 44.6 Å². The van der Waals surface area contributed by atoms with E-state index in [-0.39, 0.29) is 5.69 Å². The summed E-state index contributed by atoms with van der Waals surface area (Å²) in [6.07, 6.45) is 0.942. The quantitative estimate of drug-likeness (QED) is 0.473. The van der Waals surface area contributed by atoms with Gasteiger partial charge in [-0.1, -0.05) is 36.2 Å². The Morgan fingerprint density at radius 3 is 2.44 bits per heavy atom. The highest BCUT2D eigenvalue weighted by Gasteiger charge is 2.19. The van der Waals surface area contributed by atoms with Crippen LogP contribution in [-0.4, -0.2) is 54.2 Å². The second-order valence-electron chi connectivity index (χ2n) is 8.22. The van der Waals surface area contributed by atoms with Gasteiger partial charge in [-0.2, -0.15) is 0 Å². The van der Waals surface area contributed by atoms with Crippen LogP contribution >= 0.6 is 35.4 Å². The summed E-state index contributed by atoms with van der Waals surface area (Å²) < 4.78 is 26.7. The predicted octanol–water partition coefficient (Wildman–Crippen LogP) is 5.40. The molecule has 0 aliphatic carbocycles. The Morgan fingerprint density at radius 1 is 1.03 bits per heavy atom. The molecule has 2 N–H and O–H groups in total. The standard InChI is InChI=1S/C23H28Cl2F2N4S/c1-16(6-7-28-23(32)29-22-5-3-18(26)13-21(22)27)14-30-8-10-31(11-9-30)15-17-2-4-19(24)20(25)12-17/h2-5,12-13,16H,6-11,14-15H2,1H3,(H2,28,29,32)/t16-/m0/s1. The van der Waals surface area contributed by atoms with Crippen LogP contribution in [0.5, 0.6) is 0 Å². The minimum atomic E-state index is -0.666. The van der Waals surface area contributed by atoms with E-state index in [9.17, 15) is 8.78 Å². The van der Waals surface area contributed by atoms with Crippen LogP contribution in [0.4, 0.5) is 14.5 Å². The Hall–Kier alpha value is -1.51. The zero-order valence-electron chi connectivity index (χ0n) is 18.0. The Kier molecular flexibility index (Phi) is 9.49. The van der Waals surface area contributed by atoms with Gasteiger partial charge in [0, 0.05) is 51.9 Å². The number of piperazine rings is 1. The molecule has 0 aromatic heterocycles. The van der Waals surface area contributed by atoms with Crippen LogP contribution in [0, 0.1) is 17.6 Å². The molecule has 2 aromatic carbocycles. The van der Waals surface area contributed by atoms with Crippen LogP contribution in [0.2, 0.25) is 10.0 Å². The highest BCUT2D eigenvalue weighted by molar-refractivity contribution is 7.80. The summed E-state index contributed by atoms with van der Waals surface area (Å²) in [5.41, 5.74) is 1.34. The van der Waals surface area contributed by atoms with Gasteiger partial charge in [-0.25, -0.2) is 8.78 Å². The summed E-state index contributed by atoms with van der Waals surface area (Å²) in [6.45, 7) is 8.90. The molecule has 0 bridgehead atoms. The molecule has 1 atom stereocenters. The van der Waals surface area contributed by atoms with E-state index in [0.29, 0.717) is 27.6 Å². The third-order valence-corrected chi connectivity index (χ3v) is 6.51. The molecule has 9 heteroatoms. The smallest absolute Gasteiger partial charge is 0.170 e. The van der Waals surface area contributed by atoms with E-state index in [2.05, 4.69) is 27.4 Å². The summed E-state index contributed by atoms with van der Waals surface area (Å²) in [7, 11) is 0. The molecule has 2 aromatic rings. The number of anilines is 1. The molecule has 3 rings (SSSR count). The number of halogens is 4. The monoisotopic (exact) mass is 500 g/mol. The average Bonchev–Trinajstić information content (AvgIpc) is 2.74. The lowest BCUT2D eigenvalue weighted by molar-refractivity contribution is 0.114. The van der Waals surface area contributed by atoms with Crippen molar-refractivity contribution in [2.45, 2.75) is 19.9 Å². The van der Waals surface area contributed by atoms with E-state index in [1.807, 2.05) is 18.2 Å². The zero-order chi connectivity index (χ0) is 23.1. The molecule has 1 aliphatic heterocycles. The molecule has 174 valence electrons. The molecule has 0 amide bonds. The molecule has 0 saturated carbocycles. The Balaban J connectivity index is 1.32. The van der Waals surface area contributed by atoms with Crippen molar-refractivity contribution in [2.24, 2.45) is 5.92 Å². The Morgan fingerprint density at radius 2 is 1.75 bits per heavy atom. The summed E-state index contributed by atoms with van der Waals surface area (Å²) in [4.78, 5) is 4.92. The van der Waals surface area contributed by atoms with Gasteiger partial charge in [0.15, 0.2) is 5.11 Å². The third kappa shape index (κ3) is 7.81. The minimum absolute atomic E-state index is 0.163. The van der Waals surface area contributed by atoms with Gasteiger partial charge >= 0.3 is 0 Å². The largest absolute Gasteiger partial charge is 0.362 e. The first-order valence-corrected chi connectivity index (χ1v) is 11.8. The van der Waals surface area contributed by atoms with Gasteiger partial charge in [-0.15, -0.1) is 0 Å². The number of thiocarbonyl (C=S) groups is 1. The fourth-order valence-corrected chi connectivity index (χ4v) is 4.28. The number of benzene rings is 2. The van der Waals surface area contributed by atoms with Gasteiger partial charge in [0.2, 0.25) is 0 Å². The molecule has 1 aliphatic rings. The van der Waals surface area contributed by atoms with Crippen LogP contribution in [0.1, 0.15) is 18.9 Å². The van der Waals surface area contributed by atoms with Crippen molar-refractivity contribution in [1.29, 1.82) is 0 Å². The summed E-state index contributed by atoms with van der Waals surface area (Å²) in [5, 5.41) is 7.39. The molecule has 0 spiro atoms. The Bertz CT molecular complexity index is 923. The zero-order valence-corrected chi connectivity index (χ0v) is 20.3. The van der Waals surface area contributed by atoms with E-state index in [4.69, 9.17) is 35.4 Å². The minimum Gasteiger partial charge on any atom is -0.362 e. The van der Waals surface area contributed by atoms with E-state index in [0.717, 1.165) is 51.8 Å². The highest BCUT2D eigenvalue weighted by atomic mass is 35.5. The lowest BCUT2D eigenvalue weighted by Crippen LogP contribution is -2.47. The summed E-state index contributed by atoms with van der Waals surface area (Å²) >= 11 is 17.3. The fraction of sp³-hybridized carbons (Fsp3) is 0.435. The SMILES string of the molecule is C[C@@H](CCNC(=S)Nc1ccc(F)cc1F)CN1CCN(Cc2ccc(Cl)c(Cl)c2)CC1. The van der Waals surface area contributed by atoms with Crippen LogP contribution in [0.25, 0.3) is 0 Å². The van der Waals surface area contributed by atoms with Crippen molar-refractivity contribution in [3.63, 3.8) is 0 Å². The van der Waals surface area contributed by atoms with Gasteiger partial charge < -0.3 is 15.5 Å². The van der Waals surface area contributed by atoms with Crippen LogP contribution in [-0.2, 0) is 6.54 Å². The molecule has 1 saturated heterocycles. The van der Waals surface area contributed by atoms with Gasteiger partial charge in [-0.3, -0.25) is 4.90 Å². The summed E-state index contributed by atoms with van der Waals surface area (Å²) in [5.74, 6) is -0.786. The van der Waals surface area contributed by atoms with E-state index in [1.165, 1.54) is 17.7 Å². The van der Waals surface area contributed by atoms with Crippen LogP contribution in [0.3, 0.4) is 0 Å². The maximum Gasteiger partial charge on any atom is 0.170 e. The first-order valence-electron chi connectivity index (χ1n) is 10.7. The van der Waals surface area contributed by atoms with Crippen molar-refractivity contribution >= 4 is 46.2 Å². The first-order chi connectivity index (χ1) is 15.3. The molecular weight excluding hydrogens is 473 g/mol. The van der Waals surface area contributed by atoms with Gasteiger partial charge in [0.25, 0.3) is 0 Å². The number of nitrogens with zero attached hydrogens (tertiary/aromatic N) is 2. The molecule has 1 fully saturated rings. The summed E-state index contributed by atoms with van der Waals surface area (Å²) in [6, 6.07) is 9.18. The first kappa shape index (κ1) is 25.1. The van der Waals surface area contributed by atoms with Crippen molar-refractivity contribution in [3.05, 3.63) is 63.6 Å². The molecule has 4 nitrogen and oxygen atoms in total. The fourth-order valence-electron chi connectivity index (χ4n) is 3.75. The van der Waals surface area contributed by atoms with Crippen LogP contribution in [0.15, 0.2) is 36.4 Å². The second-order valence-corrected chi connectivity index (χ2v) is 9.45. The molecular formula is C23H28Cl2F2N4S. The van der Waals surface area contributed by atoms with Crippen molar-refractivity contribution < 1.29 is 8.78 Å². The number of hydrogen-bond acceptors (Lipinski definition) is 3. The van der Waals surface area contributed by atoms with Gasteiger partial charge in [0.05, 0.1) is 15.7 Å². The second kappa shape index (κ2) is 12.1. The lowest BCUT2D eigenvalue weighted by Gasteiger charge is -2.36. The maximum absolute atomic E-state index is 13.7. The van der Waals surface area contributed by atoms with Crippen molar-refractivity contribution in [3.8, 4) is 0 Å². The number of hydrogen-bond donors (Lipinski definition) is 2. The number of rotatable bonds is 8. The van der Waals surface area contributed by atoms with Crippen LogP contribution < -0.4 is 10.6 Å². The lowest BCUT2D eigenvalue weighted by atomic mass is 10.1. The molecule has 32 heavy (non-hydrogen) atoms. The topological polar surface area (TPSA) is 30.5 Å². The number of nitrogens with one attached hydrogen (secondary N) is 2. The Labute approximate surface area is 203 Å². The van der Waals surface area contributed by atoms with E-state index < -0.39 is 11.6 Å². The maximum atomic E-state index is 13.7. The average molecular weight is 501 g/mol.